The Hall–Kier alpha value is -1.68. The number of aromatic nitrogens is 2. The highest BCUT2D eigenvalue weighted by Gasteiger charge is 2.26. The number of aryl methyl sites for hydroxylation is 1. The van der Waals surface area contributed by atoms with E-state index in [2.05, 4.69) is 15.3 Å². The Morgan fingerprint density at radius 1 is 1.35 bits per heavy atom. The number of benzene rings is 1. The van der Waals surface area contributed by atoms with Crippen molar-refractivity contribution < 1.29 is 4.39 Å². The fourth-order valence-electron chi connectivity index (χ4n) is 2.39. The Bertz CT molecular complexity index is 547. The van der Waals surface area contributed by atoms with Crippen molar-refractivity contribution in [2.75, 3.05) is 6.54 Å². The third-order valence-corrected chi connectivity index (χ3v) is 3.14. The lowest BCUT2D eigenvalue weighted by Crippen LogP contribution is -2.31. The molecule has 0 fully saturated rings. The molecule has 88 valence electrons. The highest BCUT2D eigenvalue weighted by Crippen LogP contribution is 2.28. The molecular formula is C13H14FN3. The van der Waals surface area contributed by atoms with Crippen LogP contribution in [0.5, 0.6) is 0 Å². The lowest BCUT2D eigenvalue weighted by molar-refractivity contribution is 0.518. The van der Waals surface area contributed by atoms with Gasteiger partial charge in [0.1, 0.15) is 11.6 Å². The molecule has 0 radical (unpaired) electrons. The highest BCUT2D eigenvalue weighted by molar-refractivity contribution is 5.33. The van der Waals surface area contributed by atoms with E-state index in [1.54, 1.807) is 6.07 Å². The maximum Gasteiger partial charge on any atom is 0.128 e. The van der Waals surface area contributed by atoms with Crippen molar-refractivity contribution in [3.63, 3.8) is 0 Å². The van der Waals surface area contributed by atoms with Crippen LogP contribution in [0.1, 0.15) is 28.8 Å². The van der Waals surface area contributed by atoms with Crippen LogP contribution in [0.15, 0.2) is 24.3 Å². The largest absolute Gasteiger partial charge is 0.346 e. The van der Waals surface area contributed by atoms with Crippen LogP contribution in [-0.2, 0) is 6.42 Å². The van der Waals surface area contributed by atoms with Gasteiger partial charge in [-0.25, -0.2) is 9.37 Å². The van der Waals surface area contributed by atoms with E-state index in [0.717, 1.165) is 30.2 Å². The second-order valence-electron chi connectivity index (χ2n) is 4.34. The number of imidazole rings is 1. The second-order valence-corrected chi connectivity index (χ2v) is 4.34. The Labute approximate surface area is 99.1 Å². The van der Waals surface area contributed by atoms with Gasteiger partial charge in [0.15, 0.2) is 0 Å². The molecule has 0 bridgehead atoms. The van der Waals surface area contributed by atoms with Gasteiger partial charge < -0.3 is 10.3 Å². The molecule has 0 aliphatic carbocycles. The SMILES string of the molecule is Cc1nc2c([nH]1)CCNC2c1ccccc1F. The van der Waals surface area contributed by atoms with Crippen molar-refractivity contribution in [1.82, 2.24) is 15.3 Å². The van der Waals surface area contributed by atoms with E-state index in [-0.39, 0.29) is 11.9 Å². The Morgan fingerprint density at radius 2 is 2.18 bits per heavy atom. The van der Waals surface area contributed by atoms with Gasteiger partial charge in [-0.2, -0.15) is 0 Å². The van der Waals surface area contributed by atoms with Crippen LogP contribution in [-0.4, -0.2) is 16.5 Å². The van der Waals surface area contributed by atoms with E-state index in [1.807, 2.05) is 19.1 Å². The second kappa shape index (κ2) is 3.96. The first-order chi connectivity index (χ1) is 8.25. The monoisotopic (exact) mass is 231 g/mol. The predicted octanol–water partition coefficient (Wildman–Crippen LogP) is 2.09. The molecule has 0 saturated heterocycles. The van der Waals surface area contributed by atoms with Crippen molar-refractivity contribution in [2.24, 2.45) is 0 Å². The van der Waals surface area contributed by atoms with Gasteiger partial charge in [0.05, 0.1) is 11.7 Å². The van der Waals surface area contributed by atoms with Gasteiger partial charge in [0, 0.05) is 24.2 Å². The minimum Gasteiger partial charge on any atom is -0.346 e. The van der Waals surface area contributed by atoms with Crippen LogP contribution in [0, 0.1) is 12.7 Å². The highest BCUT2D eigenvalue weighted by atomic mass is 19.1. The maximum absolute atomic E-state index is 13.8. The van der Waals surface area contributed by atoms with Crippen molar-refractivity contribution in [2.45, 2.75) is 19.4 Å². The average molecular weight is 231 g/mol. The van der Waals surface area contributed by atoms with Crippen LogP contribution >= 0.6 is 0 Å². The van der Waals surface area contributed by atoms with Crippen molar-refractivity contribution in [3.05, 3.63) is 52.9 Å². The van der Waals surface area contributed by atoms with Crippen LogP contribution in [0.3, 0.4) is 0 Å². The van der Waals surface area contributed by atoms with Crippen LogP contribution in [0.25, 0.3) is 0 Å². The smallest absolute Gasteiger partial charge is 0.128 e. The topological polar surface area (TPSA) is 40.7 Å². The minimum atomic E-state index is -0.182. The molecule has 1 unspecified atom stereocenters. The predicted molar refractivity (Wildman–Crippen MR) is 63.3 cm³/mol. The molecule has 1 aliphatic heterocycles. The summed E-state index contributed by atoms with van der Waals surface area (Å²) in [5.74, 6) is 0.707. The van der Waals surface area contributed by atoms with Gasteiger partial charge in [-0.15, -0.1) is 0 Å². The normalized spacial score (nSPS) is 19.1. The third kappa shape index (κ3) is 1.74. The molecule has 1 atom stereocenters. The molecule has 4 heteroatoms. The van der Waals surface area contributed by atoms with Gasteiger partial charge >= 0.3 is 0 Å². The maximum atomic E-state index is 13.8. The van der Waals surface area contributed by atoms with Crippen LogP contribution < -0.4 is 5.32 Å². The standard InChI is InChI=1S/C13H14FN3/c1-8-16-11-6-7-15-12(13(11)17-8)9-4-2-3-5-10(9)14/h2-5,12,15H,6-7H2,1H3,(H,16,17). The zero-order chi connectivity index (χ0) is 11.8. The van der Waals surface area contributed by atoms with Crippen LogP contribution in [0.2, 0.25) is 0 Å². The molecule has 1 aromatic heterocycles. The van der Waals surface area contributed by atoms with E-state index in [0.29, 0.717) is 5.56 Å². The van der Waals surface area contributed by atoms with Crippen molar-refractivity contribution >= 4 is 0 Å². The summed E-state index contributed by atoms with van der Waals surface area (Å²) in [4.78, 5) is 7.71. The summed E-state index contributed by atoms with van der Waals surface area (Å²) < 4.78 is 13.8. The number of H-pyrrole nitrogens is 1. The fourth-order valence-corrected chi connectivity index (χ4v) is 2.39. The lowest BCUT2D eigenvalue weighted by Gasteiger charge is -2.23. The number of fused-ring (bicyclic) bond motifs is 1. The van der Waals surface area contributed by atoms with Crippen molar-refractivity contribution in [1.29, 1.82) is 0 Å². The molecule has 2 N–H and O–H groups in total. The summed E-state index contributed by atoms with van der Waals surface area (Å²) in [5, 5.41) is 3.32. The molecule has 2 aromatic rings. The lowest BCUT2D eigenvalue weighted by atomic mass is 9.98. The van der Waals surface area contributed by atoms with Gasteiger partial charge in [0.25, 0.3) is 0 Å². The summed E-state index contributed by atoms with van der Waals surface area (Å²) in [7, 11) is 0. The number of nitrogens with zero attached hydrogens (tertiary/aromatic N) is 1. The van der Waals surface area contributed by atoms with Gasteiger partial charge in [-0.3, -0.25) is 0 Å². The van der Waals surface area contributed by atoms with E-state index in [9.17, 15) is 4.39 Å². The first kappa shape index (κ1) is 10.5. The molecular weight excluding hydrogens is 217 g/mol. The van der Waals surface area contributed by atoms with Crippen LogP contribution in [0.4, 0.5) is 4.39 Å². The Morgan fingerprint density at radius 3 is 3.00 bits per heavy atom. The van der Waals surface area contributed by atoms with Gasteiger partial charge in [-0.1, -0.05) is 18.2 Å². The van der Waals surface area contributed by atoms with Gasteiger partial charge in [0.2, 0.25) is 0 Å². The van der Waals surface area contributed by atoms with E-state index in [4.69, 9.17) is 0 Å². The molecule has 3 rings (SSSR count). The quantitative estimate of drug-likeness (QED) is 0.789. The molecule has 1 aliphatic rings. The number of rotatable bonds is 1. The summed E-state index contributed by atoms with van der Waals surface area (Å²) in [6.07, 6.45) is 0.918. The molecule has 17 heavy (non-hydrogen) atoms. The molecule has 3 nitrogen and oxygen atoms in total. The molecule has 1 aromatic carbocycles. The van der Waals surface area contributed by atoms with Gasteiger partial charge in [-0.05, 0) is 13.0 Å². The summed E-state index contributed by atoms with van der Waals surface area (Å²) in [6.45, 7) is 2.77. The molecule has 2 heterocycles. The van der Waals surface area contributed by atoms with E-state index >= 15 is 0 Å². The Balaban J connectivity index is 2.09. The zero-order valence-electron chi connectivity index (χ0n) is 9.63. The fraction of sp³-hybridized carbons (Fsp3) is 0.308. The first-order valence-corrected chi connectivity index (χ1v) is 5.79. The third-order valence-electron chi connectivity index (χ3n) is 3.14. The number of hydrogen-bond donors (Lipinski definition) is 2. The zero-order valence-corrected chi connectivity index (χ0v) is 9.63. The molecule has 0 spiro atoms. The number of nitrogens with one attached hydrogen (secondary N) is 2. The van der Waals surface area contributed by atoms with E-state index in [1.165, 1.54) is 6.07 Å². The van der Waals surface area contributed by atoms with E-state index < -0.39 is 0 Å². The summed E-state index contributed by atoms with van der Waals surface area (Å²) >= 11 is 0. The Kier molecular flexibility index (Phi) is 2.44. The molecule has 0 amide bonds. The summed E-state index contributed by atoms with van der Waals surface area (Å²) in [6, 6.07) is 6.73. The first-order valence-electron chi connectivity index (χ1n) is 5.79. The average Bonchev–Trinajstić information content (AvgIpc) is 2.70. The summed E-state index contributed by atoms with van der Waals surface area (Å²) in [5.41, 5.74) is 2.72. The van der Waals surface area contributed by atoms with Crippen molar-refractivity contribution in [3.8, 4) is 0 Å². The minimum absolute atomic E-state index is 0.134. The molecule has 0 saturated carbocycles. The number of aromatic amines is 1. The number of hydrogen-bond acceptors (Lipinski definition) is 2. The number of halogens is 1.